The Morgan fingerprint density at radius 1 is 1.22 bits per heavy atom. The highest BCUT2D eigenvalue weighted by atomic mass is 35.5. The highest BCUT2D eigenvalue weighted by molar-refractivity contribution is 6.29. The number of benzene rings is 2. The summed E-state index contributed by atoms with van der Waals surface area (Å²) >= 11 is 5.81. The Morgan fingerprint density at radius 2 is 1.96 bits per heavy atom. The summed E-state index contributed by atoms with van der Waals surface area (Å²) in [4.78, 5) is 15.6. The Kier molecular flexibility index (Phi) is 4.17. The van der Waals surface area contributed by atoms with Gasteiger partial charge in [0.2, 0.25) is 0 Å². The van der Waals surface area contributed by atoms with Crippen LogP contribution in [-0.4, -0.2) is 23.2 Å². The van der Waals surface area contributed by atoms with Crippen molar-refractivity contribution in [3.05, 3.63) is 70.5 Å². The van der Waals surface area contributed by atoms with Gasteiger partial charge in [0.15, 0.2) is 0 Å². The van der Waals surface area contributed by atoms with Gasteiger partial charge in [-0.2, -0.15) is 0 Å². The summed E-state index contributed by atoms with van der Waals surface area (Å²) < 4.78 is 5.33. The molecule has 3 aromatic rings. The maximum Gasteiger partial charge on any atom is 0.339 e. The molecule has 0 radical (unpaired) electrons. The molecule has 1 heterocycles. The predicted molar refractivity (Wildman–Crippen MR) is 89.5 cm³/mol. The van der Waals surface area contributed by atoms with Crippen LogP contribution in [0.3, 0.4) is 0 Å². The topological polar surface area (TPSA) is 59.4 Å². The summed E-state index contributed by atoms with van der Waals surface area (Å²) in [6, 6.07) is 12.9. The van der Waals surface area contributed by atoms with E-state index in [9.17, 15) is 9.90 Å². The van der Waals surface area contributed by atoms with Gasteiger partial charge in [-0.15, -0.1) is 0 Å². The molecule has 2 aromatic carbocycles. The molecule has 1 aromatic heterocycles. The van der Waals surface area contributed by atoms with Crippen LogP contribution in [-0.2, 0) is 6.42 Å². The molecule has 1 N–H and O–H groups in total. The predicted octanol–water partition coefficient (Wildman–Crippen LogP) is 4.19. The normalized spacial score (nSPS) is 10.7. The van der Waals surface area contributed by atoms with Crippen LogP contribution < -0.4 is 4.74 Å². The highest BCUT2D eigenvalue weighted by Crippen LogP contribution is 2.33. The van der Waals surface area contributed by atoms with E-state index in [1.807, 2.05) is 30.3 Å². The van der Waals surface area contributed by atoms with Crippen LogP contribution in [0, 0.1) is 0 Å². The number of aromatic carboxylic acids is 1. The summed E-state index contributed by atoms with van der Waals surface area (Å²) in [5, 5.41) is 11.6. The number of carboxylic acids is 1. The van der Waals surface area contributed by atoms with Gasteiger partial charge in [-0.25, -0.2) is 9.78 Å². The Balaban J connectivity index is 2.19. The first-order valence-corrected chi connectivity index (χ1v) is 7.40. The van der Waals surface area contributed by atoms with E-state index in [1.54, 1.807) is 18.3 Å². The zero-order chi connectivity index (χ0) is 16.4. The van der Waals surface area contributed by atoms with Gasteiger partial charge in [0, 0.05) is 11.6 Å². The van der Waals surface area contributed by atoms with Crippen LogP contribution in [0.15, 0.2) is 48.7 Å². The standard InChI is InChI=1S/C18H14ClNO3/c1-23-17-14-5-3-2-4-13(14)12(9-15(17)18(21)22)8-11-6-7-16(19)20-10-11/h2-7,9-10H,8H2,1H3,(H,21,22). The summed E-state index contributed by atoms with van der Waals surface area (Å²) in [6.45, 7) is 0. The van der Waals surface area contributed by atoms with E-state index in [2.05, 4.69) is 4.98 Å². The number of rotatable bonds is 4. The molecule has 116 valence electrons. The van der Waals surface area contributed by atoms with Gasteiger partial charge in [-0.1, -0.05) is 41.9 Å². The monoisotopic (exact) mass is 327 g/mol. The highest BCUT2D eigenvalue weighted by Gasteiger charge is 2.17. The fraction of sp³-hybridized carbons (Fsp3) is 0.111. The molecule has 5 heteroatoms. The van der Waals surface area contributed by atoms with E-state index < -0.39 is 5.97 Å². The van der Waals surface area contributed by atoms with Crippen molar-refractivity contribution in [3.8, 4) is 5.75 Å². The van der Waals surface area contributed by atoms with Crippen LogP contribution in [0.2, 0.25) is 5.15 Å². The molecule has 0 fully saturated rings. The Morgan fingerprint density at radius 3 is 2.57 bits per heavy atom. The lowest BCUT2D eigenvalue weighted by Crippen LogP contribution is -2.04. The summed E-state index contributed by atoms with van der Waals surface area (Å²) in [5.74, 6) is -0.630. The number of hydrogen-bond donors (Lipinski definition) is 1. The quantitative estimate of drug-likeness (QED) is 0.730. The SMILES string of the molecule is COc1c(C(=O)O)cc(Cc2ccc(Cl)nc2)c2ccccc12. The lowest BCUT2D eigenvalue weighted by Gasteiger charge is -2.13. The van der Waals surface area contributed by atoms with Crippen LogP contribution >= 0.6 is 11.6 Å². The van der Waals surface area contributed by atoms with Gasteiger partial charge in [-0.05, 0) is 35.1 Å². The van der Waals surface area contributed by atoms with Crippen LogP contribution in [0.4, 0.5) is 0 Å². The molecule has 0 saturated carbocycles. The number of pyridine rings is 1. The molecule has 23 heavy (non-hydrogen) atoms. The number of carboxylic acid groups (broad SMARTS) is 1. The first kappa shape index (κ1) is 15.3. The third-order valence-electron chi connectivity index (χ3n) is 3.70. The first-order chi connectivity index (χ1) is 11.1. The van der Waals surface area contributed by atoms with Crippen LogP contribution in [0.5, 0.6) is 5.75 Å². The van der Waals surface area contributed by atoms with E-state index >= 15 is 0 Å². The Labute approximate surface area is 138 Å². The number of ether oxygens (including phenoxy) is 1. The molecule has 4 nitrogen and oxygen atoms in total. The smallest absolute Gasteiger partial charge is 0.339 e. The molecule has 0 spiro atoms. The van der Waals surface area contributed by atoms with Crippen molar-refractivity contribution < 1.29 is 14.6 Å². The van der Waals surface area contributed by atoms with Gasteiger partial charge in [0.25, 0.3) is 0 Å². The second-order valence-corrected chi connectivity index (χ2v) is 5.52. The van der Waals surface area contributed by atoms with Crippen molar-refractivity contribution >= 4 is 28.3 Å². The molecule has 0 unspecified atom stereocenters. The van der Waals surface area contributed by atoms with Gasteiger partial charge in [0.1, 0.15) is 16.5 Å². The third kappa shape index (κ3) is 2.98. The fourth-order valence-corrected chi connectivity index (χ4v) is 2.79. The molecule has 0 aliphatic heterocycles. The molecule has 0 aliphatic rings. The maximum atomic E-state index is 11.6. The number of aromatic nitrogens is 1. The molecular weight excluding hydrogens is 314 g/mol. The van der Waals surface area contributed by atoms with E-state index in [1.165, 1.54) is 7.11 Å². The molecule has 0 atom stereocenters. The molecular formula is C18H14ClNO3. The van der Waals surface area contributed by atoms with E-state index in [4.69, 9.17) is 16.3 Å². The van der Waals surface area contributed by atoms with Crippen LogP contribution in [0.25, 0.3) is 10.8 Å². The minimum Gasteiger partial charge on any atom is -0.495 e. The van der Waals surface area contributed by atoms with Crippen molar-refractivity contribution in [1.29, 1.82) is 0 Å². The zero-order valence-electron chi connectivity index (χ0n) is 12.4. The van der Waals surface area contributed by atoms with Crippen molar-refractivity contribution in [2.24, 2.45) is 0 Å². The second-order valence-electron chi connectivity index (χ2n) is 5.13. The van der Waals surface area contributed by atoms with E-state index in [0.29, 0.717) is 17.3 Å². The maximum absolute atomic E-state index is 11.6. The average molecular weight is 328 g/mol. The van der Waals surface area contributed by atoms with Crippen molar-refractivity contribution in [2.75, 3.05) is 7.11 Å². The largest absolute Gasteiger partial charge is 0.495 e. The number of carbonyl (C=O) groups is 1. The van der Waals surface area contributed by atoms with Crippen molar-refractivity contribution in [1.82, 2.24) is 4.98 Å². The summed E-state index contributed by atoms with van der Waals surface area (Å²) in [7, 11) is 1.48. The lowest BCUT2D eigenvalue weighted by atomic mass is 9.95. The third-order valence-corrected chi connectivity index (χ3v) is 3.92. The van der Waals surface area contributed by atoms with Gasteiger partial charge in [0.05, 0.1) is 7.11 Å². The minimum absolute atomic E-state index is 0.156. The van der Waals surface area contributed by atoms with Gasteiger partial charge >= 0.3 is 5.97 Å². The fourth-order valence-electron chi connectivity index (χ4n) is 2.68. The lowest BCUT2D eigenvalue weighted by molar-refractivity contribution is 0.0693. The van der Waals surface area contributed by atoms with Gasteiger partial charge < -0.3 is 9.84 Å². The number of hydrogen-bond acceptors (Lipinski definition) is 3. The average Bonchev–Trinajstić information content (AvgIpc) is 2.56. The van der Waals surface area contributed by atoms with Crippen LogP contribution in [0.1, 0.15) is 21.5 Å². The Bertz CT molecular complexity index is 875. The number of fused-ring (bicyclic) bond motifs is 1. The van der Waals surface area contributed by atoms with Crippen molar-refractivity contribution in [3.63, 3.8) is 0 Å². The minimum atomic E-state index is -1.01. The molecule has 0 aliphatic carbocycles. The molecule has 0 saturated heterocycles. The van der Waals surface area contributed by atoms with Crippen molar-refractivity contribution in [2.45, 2.75) is 6.42 Å². The Hall–Kier alpha value is -2.59. The molecule has 0 amide bonds. The van der Waals surface area contributed by atoms with Gasteiger partial charge in [-0.3, -0.25) is 0 Å². The first-order valence-electron chi connectivity index (χ1n) is 7.02. The number of methoxy groups -OCH3 is 1. The summed E-state index contributed by atoms with van der Waals surface area (Å²) in [5.41, 5.74) is 2.02. The summed E-state index contributed by atoms with van der Waals surface area (Å²) in [6.07, 6.45) is 2.26. The zero-order valence-corrected chi connectivity index (χ0v) is 13.2. The number of nitrogens with zero attached hydrogens (tertiary/aromatic N) is 1. The molecule has 3 rings (SSSR count). The second kappa shape index (κ2) is 6.26. The number of halogens is 1. The van der Waals surface area contributed by atoms with E-state index in [-0.39, 0.29) is 5.56 Å². The van der Waals surface area contributed by atoms with E-state index in [0.717, 1.165) is 21.9 Å². The molecule has 0 bridgehead atoms.